The molecule has 0 aliphatic carbocycles. The zero-order chi connectivity index (χ0) is 12.0. The quantitative estimate of drug-likeness (QED) is 0.790. The summed E-state index contributed by atoms with van der Waals surface area (Å²) in [5.41, 5.74) is -0.443. The minimum absolute atomic E-state index is 0.249. The molecule has 0 aromatic carbocycles. The first-order valence-electron chi connectivity index (χ1n) is 5.53. The van der Waals surface area contributed by atoms with Crippen LogP contribution in [0.4, 0.5) is 0 Å². The van der Waals surface area contributed by atoms with Gasteiger partial charge in [-0.3, -0.25) is 9.78 Å². The molecule has 88 valence electrons. The maximum Gasteiger partial charge on any atom is 0.269 e. The van der Waals surface area contributed by atoms with Crippen molar-refractivity contribution in [1.29, 1.82) is 0 Å². The lowest BCUT2D eigenvalue weighted by Crippen LogP contribution is -2.42. The molecule has 4 nitrogen and oxygen atoms in total. The molecule has 4 heteroatoms. The average molecular weight is 222 g/mol. The summed E-state index contributed by atoms with van der Waals surface area (Å²) in [5, 5.41) is 12.7. The zero-order valence-corrected chi connectivity index (χ0v) is 9.73. The molecule has 0 unspecified atom stereocenters. The fourth-order valence-corrected chi connectivity index (χ4v) is 1.33. The monoisotopic (exact) mass is 222 g/mol. The third-order valence-corrected chi connectivity index (χ3v) is 2.79. The van der Waals surface area contributed by atoms with E-state index in [1.807, 2.05) is 13.8 Å². The van der Waals surface area contributed by atoms with Gasteiger partial charge in [-0.2, -0.15) is 0 Å². The molecule has 0 spiro atoms. The van der Waals surface area contributed by atoms with Crippen LogP contribution in [-0.2, 0) is 0 Å². The normalized spacial score (nSPS) is 11.2. The second-order valence-corrected chi connectivity index (χ2v) is 3.83. The van der Waals surface area contributed by atoms with Crippen LogP contribution in [0.5, 0.6) is 0 Å². The van der Waals surface area contributed by atoms with Crippen LogP contribution in [-0.4, -0.2) is 28.1 Å². The van der Waals surface area contributed by atoms with Gasteiger partial charge in [-0.1, -0.05) is 19.9 Å². The van der Waals surface area contributed by atoms with E-state index in [1.54, 1.807) is 24.4 Å². The number of amides is 1. The van der Waals surface area contributed by atoms with E-state index in [-0.39, 0.29) is 12.5 Å². The molecule has 0 saturated heterocycles. The summed E-state index contributed by atoms with van der Waals surface area (Å²) in [6.45, 7) is 4.06. The van der Waals surface area contributed by atoms with Gasteiger partial charge in [0, 0.05) is 12.7 Å². The van der Waals surface area contributed by atoms with E-state index >= 15 is 0 Å². The van der Waals surface area contributed by atoms with Crippen LogP contribution >= 0.6 is 0 Å². The largest absolute Gasteiger partial charge is 0.388 e. The Balaban J connectivity index is 2.54. The van der Waals surface area contributed by atoms with E-state index in [4.69, 9.17) is 0 Å². The smallest absolute Gasteiger partial charge is 0.269 e. The number of hydrogen-bond donors (Lipinski definition) is 2. The summed E-state index contributed by atoms with van der Waals surface area (Å²) in [6, 6.07) is 5.16. The Morgan fingerprint density at radius 2 is 2.12 bits per heavy atom. The van der Waals surface area contributed by atoms with E-state index in [1.165, 1.54) is 0 Å². The molecule has 2 N–H and O–H groups in total. The number of aliphatic hydroxyl groups is 1. The Kier molecular flexibility index (Phi) is 4.43. The second kappa shape index (κ2) is 5.61. The van der Waals surface area contributed by atoms with Gasteiger partial charge in [-0.25, -0.2) is 0 Å². The molecular formula is C12H18N2O2. The first-order chi connectivity index (χ1) is 7.61. The van der Waals surface area contributed by atoms with Gasteiger partial charge in [0.25, 0.3) is 5.91 Å². The van der Waals surface area contributed by atoms with E-state index < -0.39 is 5.60 Å². The Hall–Kier alpha value is -1.42. The van der Waals surface area contributed by atoms with Crippen molar-refractivity contribution in [2.24, 2.45) is 0 Å². The Bertz CT molecular complexity index is 334. The maximum absolute atomic E-state index is 11.6. The van der Waals surface area contributed by atoms with Crippen molar-refractivity contribution >= 4 is 5.91 Å². The highest BCUT2D eigenvalue weighted by Crippen LogP contribution is 2.12. The standard InChI is InChI=1S/C12H18N2O2/c1-3-12(16,4-2)9-14-11(15)10-7-5-6-8-13-10/h5-8,16H,3-4,9H2,1-2H3,(H,14,15). The number of nitrogens with one attached hydrogen (secondary N) is 1. The predicted octanol–water partition coefficient (Wildman–Crippen LogP) is 1.36. The highest BCUT2D eigenvalue weighted by molar-refractivity contribution is 5.92. The molecule has 0 radical (unpaired) electrons. The first kappa shape index (κ1) is 12.6. The lowest BCUT2D eigenvalue weighted by atomic mass is 9.97. The lowest BCUT2D eigenvalue weighted by Gasteiger charge is -2.25. The molecular weight excluding hydrogens is 204 g/mol. The second-order valence-electron chi connectivity index (χ2n) is 3.83. The number of rotatable bonds is 5. The predicted molar refractivity (Wildman–Crippen MR) is 62.1 cm³/mol. The van der Waals surface area contributed by atoms with Gasteiger partial charge < -0.3 is 10.4 Å². The molecule has 16 heavy (non-hydrogen) atoms. The van der Waals surface area contributed by atoms with Gasteiger partial charge in [0.05, 0.1) is 5.60 Å². The number of pyridine rings is 1. The number of aromatic nitrogens is 1. The molecule has 1 aromatic rings. The van der Waals surface area contributed by atoms with Crippen LogP contribution in [0.3, 0.4) is 0 Å². The van der Waals surface area contributed by atoms with Crippen LogP contribution in [0.15, 0.2) is 24.4 Å². The van der Waals surface area contributed by atoms with Gasteiger partial charge in [-0.15, -0.1) is 0 Å². The molecule has 0 aliphatic heterocycles. The van der Waals surface area contributed by atoms with Gasteiger partial charge in [0.2, 0.25) is 0 Å². The van der Waals surface area contributed by atoms with Gasteiger partial charge in [0.15, 0.2) is 0 Å². The Morgan fingerprint density at radius 3 is 2.62 bits per heavy atom. The number of nitrogens with zero attached hydrogens (tertiary/aromatic N) is 1. The van der Waals surface area contributed by atoms with Crippen LogP contribution < -0.4 is 5.32 Å². The molecule has 0 atom stereocenters. The summed E-state index contributed by atoms with van der Waals surface area (Å²) >= 11 is 0. The summed E-state index contributed by atoms with van der Waals surface area (Å²) in [4.78, 5) is 15.6. The van der Waals surface area contributed by atoms with Crippen molar-refractivity contribution < 1.29 is 9.90 Å². The van der Waals surface area contributed by atoms with Crippen LogP contribution in [0.25, 0.3) is 0 Å². The molecule has 0 bridgehead atoms. The number of hydrogen-bond acceptors (Lipinski definition) is 3. The van der Waals surface area contributed by atoms with Crippen molar-refractivity contribution in [2.75, 3.05) is 6.54 Å². The zero-order valence-electron chi connectivity index (χ0n) is 9.73. The first-order valence-corrected chi connectivity index (χ1v) is 5.53. The average Bonchev–Trinajstić information content (AvgIpc) is 2.36. The third kappa shape index (κ3) is 3.31. The number of carbonyl (C=O) groups is 1. The van der Waals surface area contributed by atoms with Gasteiger partial charge in [0.1, 0.15) is 5.69 Å². The molecule has 1 rings (SSSR count). The van der Waals surface area contributed by atoms with Crippen LogP contribution in [0.1, 0.15) is 37.2 Å². The molecule has 1 amide bonds. The summed E-state index contributed by atoms with van der Waals surface area (Å²) in [7, 11) is 0. The van der Waals surface area contributed by atoms with Crippen molar-refractivity contribution in [2.45, 2.75) is 32.3 Å². The molecule has 0 saturated carbocycles. The summed E-state index contributed by atoms with van der Waals surface area (Å²) in [6.07, 6.45) is 2.80. The maximum atomic E-state index is 11.6. The van der Waals surface area contributed by atoms with E-state index in [0.29, 0.717) is 18.5 Å². The SMILES string of the molecule is CCC(O)(CC)CNC(=O)c1ccccn1. The van der Waals surface area contributed by atoms with Gasteiger partial charge >= 0.3 is 0 Å². The highest BCUT2D eigenvalue weighted by atomic mass is 16.3. The molecule has 0 aliphatic rings. The third-order valence-electron chi connectivity index (χ3n) is 2.79. The summed E-state index contributed by atoms with van der Waals surface area (Å²) < 4.78 is 0. The van der Waals surface area contributed by atoms with E-state index in [9.17, 15) is 9.90 Å². The Labute approximate surface area is 95.7 Å². The van der Waals surface area contributed by atoms with Crippen LogP contribution in [0.2, 0.25) is 0 Å². The molecule has 1 heterocycles. The molecule has 1 aromatic heterocycles. The van der Waals surface area contributed by atoms with Gasteiger partial charge in [-0.05, 0) is 25.0 Å². The lowest BCUT2D eigenvalue weighted by molar-refractivity contribution is 0.0313. The number of carbonyl (C=O) groups excluding carboxylic acids is 1. The van der Waals surface area contributed by atoms with Crippen molar-refractivity contribution in [3.63, 3.8) is 0 Å². The minimum Gasteiger partial charge on any atom is -0.388 e. The summed E-state index contributed by atoms with van der Waals surface area (Å²) in [5.74, 6) is -0.249. The van der Waals surface area contributed by atoms with E-state index in [2.05, 4.69) is 10.3 Å². The Morgan fingerprint density at radius 1 is 1.44 bits per heavy atom. The van der Waals surface area contributed by atoms with Crippen molar-refractivity contribution in [3.8, 4) is 0 Å². The fraction of sp³-hybridized carbons (Fsp3) is 0.500. The highest BCUT2D eigenvalue weighted by Gasteiger charge is 2.23. The molecule has 0 fully saturated rings. The topological polar surface area (TPSA) is 62.2 Å². The fourth-order valence-electron chi connectivity index (χ4n) is 1.33. The van der Waals surface area contributed by atoms with Crippen molar-refractivity contribution in [1.82, 2.24) is 10.3 Å². The van der Waals surface area contributed by atoms with E-state index in [0.717, 1.165) is 0 Å². The van der Waals surface area contributed by atoms with Crippen molar-refractivity contribution in [3.05, 3.63) is 30.1 Å². The minimum atomic E-state index is -0.815. The van der Waals surface area contributed by atoms with Crippen LogP contribution in [0, 0.1) is 0 Å².